The van der Waals surface area contributed by atoms with Crippen molar-refractivity contribution in [2.75, 3.05) is 19.4 Å². The number of fused-ring (bicyclic) bond motifs is 1. The van der Waals surface area contributed by atoms with Crippen molar-refractivity contribution in [1.82, 2.24) is 19.9 Å². The maximum Gasteiger partial charge on any atom is 0.174 e. The zero-order valence-electron chi connectivity index (χ0n) is 15.7. The molecule has 0 saturated carbocycles. The van der Waals surface area contributed by atoms with Crippen LogP contribution in [-0.4, -0.2) is 34.2 Å². The van der Waals surface area contributed by atoms with Gasteiger partial charge in [-0.2, -0.15) is 0 Å². The van der Waals surface area contributed by atoms with Crippen LogP contribution in [0.1, 0.15) is 20.3 Å². The number of rotatable bonds is 8. The van der Waals surface area contributed by atoms with Crippen molar-refractivity contribution >= 4 is 44.5 Å². The SMILES string of the molecule is COc1ccc(Br)c(Sc2nc3c(N)nccc3n2CCCNC(C)C)c1. The number of nitrogens with zero attached hydrogens (tertiary/aromatic N) is 3. The third-order valence-electron chi connectivity index (χ3n) is 4.11. The molecular formula is C19H24BrN5OS. The molecule has 0 spiro atoms. The minimum Gasteiger partial charge on any atom is -0.497 e. The number of aryl methyl sites for hydroxylation is 1. The molecule has 0 fully saturated rings. The van der Waals surface area contributed by atoms with E-state index < -0.39 is 0 Å². The van der Waals surface area contributed by atoms with Gasteiger partial charge in [-0.3, -0.25) is 0 Å². The number of halogens is 1. The fraction of sp³-hybridized carbons (Fsp3) is 0.368. The fourth-order valence-corrected chi connectivity index (χ4v) is 4.22. The molecule has 144 valence electrons. The second-order valence-corrected chi connectivity index (χ2v) is 8.33. The Morgan fingerprint density at radius 1 is 1.33 bits per heavy atom. The van der Waals surface area contributed by atoms with Gasteiger partial charge in [-0.1, -0.05) is 25.6 Å². The number of anilines is 1. The molecule has 0 amide bonds. The summed E-state index contributed by atoms with van der Waals surface area (Å²) >= 11 is 5.21. The lowest BCUT2D eigenvalue weighted by Gasteiger charge is -2.12. The van der Waals surface area contributed by atoms with Crippen LogP contribution in [0.3, 0.4) is 0 Å². The summed E-state index contributed by atoms with van der Waals surface area (Å²) in [5.41, 5.74) is 7.82. The van der Waals surface area contributed by atoms with Crippen LogP contribution < -0.4 is 15.8 Å². The van der Waals surface area contributed by atoms with Crippen LogP contribution in [0.15, 0.2) is 45.0 Å². The van der Waals surface area contributed by atoms with Crippen LogP contribution in [-0.2, 0) is 6.54 Å². The molecule has 0 aliphatic rings. The maximum atomic E-state index is 6.06. The molecular weight excluding hydrogens is 426 g/mol. The van der Waals surface area contributed by atoms with Crippen molar-refractivity contribution in [1.29, 1.82) is 0 Å². The maximum absolute atomic E-state index is 6.06. The largest absolute Gasteiger partial charge is 0.497 e. The Kier molecular flexibility index (Phi) is 6.62. The number of nitrogens with two attached hydrogens (primary N) is 1. The van der Waals surface area contributed by atoms with E-state index in [1.54, 1.807) is 25.1 Å². The molecule has 0 unspecified atom stereocenters. The van der Waals surface area contributed by atoms with Crippen molar-refractivity contribution in [2.45, 2.75) is 42.9 Å². The lowest BCUT2D eigenvalue weighted by atomic mass is 10.3. The van der Waals surface area contributed by atoms with Crippen LogP contribution >= 0.6 is 27.7 Å². The van der Waals surface area contributed by atoms with E-state index in [9.17, 15) is 0 Å². The van der Waals surface area contributed by atoms with Crippen LogP contribution in [0.5, 0.6) is 5.75 Å². The van der Waals surface area contributed by atoms with Gasteiger partial charge >= 0.3 is 0 Å². The quantitative estimate of drug-likeness (QED) is 0.498. The summed E-state index contributed by atoms with van der Waals surface area (Å²) in [7, 11) is 1.67. The highest BCUT2D eigenvalue weighted by Crippen LogP contribution is 2.37. The topological polar surface area (TPSA) is 78.0 Å². The Morgan fingerprint density at radius 3 is 2.89 bits per heavy atom. The smallest absolute Gasteiger partial charge is 0.174 e. The summed E-state index contributed by atoms with van der Waals surface area (Å²) in [6, 6.07) is 8.36. The normalized spacial score (nSPS) is 11.4. The minimum atomic E-state index is 0.457. The molecule has 0 radical (unpaired) electrons. The molecule has 2 heterocycles. The summed E-state index contributed by atoms with van der Waals surface area (Å²) in [5, 5.41) is 4.35. The number of hydrogen-bond acceptors (Lipinski definition) is 6. The average Bonchev–Trinajstić information content (AvgIpc) is 2.99. The highest BCUT2D eigenvalue weighted by molar-refractivity contribution is 9.10. The van der Waals surface area contributed by atoms with Gasteiger partial charge in [0.15, 0.2) is 11.0 Å². The monoisotopic (exact) mass is 449 g/mol. The van der Waals surface area contributed by atoms with Gasteiger partial charge in [0.1, 0.15) is 11.3 Å². The number of pyridine rings is 1. The molecule has 8 heteroatoms. The number of nitrogen functional groups attached to an aromatic ring is 1. The summed E-state index contributed by atoms with van der Waals surface area (Å²) < 4.78 is 8.57. The van der Waals surface area contributed by atoms with E-state index in [0.29, 0.717) is 11.9 Å². The Labute approximate surface area is 172 Å². The average molecular weight is 450 g/mol. The molecule has 2 aromatic heterocycles. The molecule has 3 N–H and O–H groups in total. The van der Waals surface area contributed by atoms with Gasteiger partial charge in [0.2, 0.25) is 0 Å². The fourth-order valence-electron chi connectivity index (χ4n) is 2.76. The summed E-state index contributed by atoms with van der Waals surface area (Å²) in [6.07, 6.45) is 2.73. The molecule has 27 heavy (non-hydrogen) atoms. The Hall–Kier alpha value is -1.77. The van der Waals surface area contributed by atoms with Gasteiger partial charge in [0, 0.05) is 28.2 Å². The first-order valence-corrected chi connectivity index (χ1v) is 10.5. The first-order chi connectivity index (χ1) is 13.0. The van der Waals surface area contributed by atoms with Crippen molar-refractivity contribution in [2.24, 2.45) is 0 Å². The van der Waals surface area contributed by atoms with Crippen molar-refractivity contribution in [3.8, 4) is 5.75 Å². The number of methoxy groups -OCH3 is 1. The minimum absolute atomic E-state index is 0.457. The molecule has 0 saturated heterocycles. The molecule has 0 bridgehead atoms. The summed E-state index contributed by atoms with van der Waals surface area (Å²) in [6.45, 7) is 6.11. The molecule has 6 nitrogen and oxygen atoms in total. The Bertz CT molecular complexity index is 928. The molecule has 3 aromatic rings. The molecule has 0 aliphatic carbocycles. The molecule has 1 aromatic carbocycles. The van der Waals surface area contributed by atoms with Crippen LogP contribution in [0.25, 0.3) is 11.0 Å². The lowest BCUT2D eigenvalue weighted by molar-refractivity contribution is 0.413. The van der Waals surface area contributed by atoms with Crippen molar-refractivity contribution in [3.63, 3.8) is 0 Å². The van der Waals surface area contributed by atoms with Gasteiger partial charge in [-0.15, -0.1) is 0 Å². The predicted molar refractivity (Wildman–Crippen MR) is 115 cm³/mol. The van der Waals surface area contributed by atoms with Gasteiger partial charge in [-0.05, 0) is 53.2 Å². The Morgan fingerprint density at radius 2 is 2.15 bits per heavy atom. The second kappa shape index (κ2) is 8.95. The van der Waals surface area contributed by atoms with E-state index in [1.807, 2.05) is 24.3 Å². The van der Waals surface area contributed by atoms with E-state index in [0.717, 1.165) is 50.8 Å². The van der Waals surface area contributed by atoms with Crippen LogP contribution in [0.2, 0.25) is 0 Å². The summed E-state index contributed by atoms with van der Waals surface area (Å²) in [4.78, 5) is 10.00. The molecule has 0 aliphatic heterocycles. The standard InChI is InChI=1S/C19H24BrN5OS/c1-12(2)22-8-4-10-25-15-7-9-23-18(21)17(15)24-19(25)27-16-11-13(26-3)5-6-14(16)20/h5-7,9,11-12,22H,4,8,10H2,1-3H3,(H2,21,23). The summed E-state index contributed by atoms with van der Waals surface area (Å²) in [5.74, 6) is 1.27. The zero-order valence-corrected chi connectivity index (χ0v) is 18.1. The molecule has 0 atom stereocenters. The second-order valence-electron chi connectivity index (χ2n) is 6.47. The first-order valence-electron chi connectivity index (χ1n) is 8.85. The number of hydrogen-bond donors (Lipinski definition) is 2. The van der Waals surface area contributed by atoms with Gasteiger partial charge < -0.3 is 20.4 Å². The third kappa shape index (κ3) is 4.75. The zero-order chi connectivity index (χ0) is 19.4. The van der Waals surface area contributed by atoms with Crippen molar-refractivity contribution in [3.05, 3.63) is 34.9 Å². The highest BCUT2D eigenvalue weighted by atomic mass is 79.9. The number of ether oxygens (including phenoxy) is 1. The van der Waals surface area contributed by atoms with Gasteiger partial charge in [0.05, 0.1) is 12.6 Å². The van der Waals surface area contributed by atoms with E-state index in [-0.39, 0.29) is 0 Å². The molecule has 3 rings (SSSR count). The van der Waals surface area contributed by atoms with Crippen molar-refractivity contribution < 1.29 is 4.74 Å². The first kappa shape index (κ1) is 20.0. The van der Waals surface area contributed by atoms with E-state index in [1.165, 1.54) is 0 Å². The van der Waals surface area contributed by atoms with E-state index >= 15 is 0 Å². The lowest BCUT2D eigenvalue weighted by Crippen LogP contribution is -2.24. The van der Waals surface area contributed by atoms with E-state index in [4.69, 9.17) is 15.5 Å². The predicted octanol–water partition coefficient (Wildman–Crippen LogP) is 4.32. The van der Waals surface area contributed by atoms with E-state index in [2.05, 4.69) is 44.6 Å². The number of imidazole rings is 1. The van der Waals surface area contributed by atoms with Crippen LogP contribution in [0, 0.1) is 0 Å². The highest BCUT2D eigenvalue weighted by Gasteiger charge is 2.16. The number of aromatic nitrogens is 3. The number of benzene rings is 1. The van der Waals surface area contributed by atoms with Gasteiger partial charge in [-0.25, -0.2) is 9.97 Å². The Balaban J connectivity index is 1.93. The van der Waals surface area contributed by atoms with Crippen LogP contribution in [0.4, 0.5) is 5.82 Å². The van der Waals surface area contributed by atoms with Gasteiger partial charge in [0.25, 0.3) is 0 Å². The number of nitrogens with one attached hydrogen (secondary N) is 1. The third-order valence-corrected chi connectivity index (χ3v) is 6.12.